The van der Waals surface area contributed by atoms with Gasteiger partial charge < -0.3 is 15.6 Å². The van der Waals surface area contributed by atoms with Crippen molar-refractivity contribution in [2.24, 2.45) is 7.05 Å². The summed E-state index contributed by atoms with van der Waals surface area (Å²) >= 11 is 1.67. The summed E-state index contributed by atoms with van der Waals surface area (Å²) in [4.78, 5) is 14.2. The third-order valence-corrected chi connectivity index (χ3v) is 7.29. The molecule has 1 saturated heterocycles. The lowest BCUT2D eigenvalue weighted by atomic mass is 9.94. The van der Waals surface area contributed by atoms with Gasteiger partial charge in [0.1, 0.15) is 11.9 Å². The van der Waals surface area contributed by atoms with Crippen molar-refractivity contribution in [2.75, 3.05) is 37.3 Å². The molecule has 0 saturated carbocycles. The zero-order valence-electron chi connectivity index (χ0n) is 21.4. The zero-order valence-corrected chi connectivity index (χ0v) is 22.2. The van der Waals surface area contributed by atoms with E-state index in [0.29, 0.717) is 5.70 Å². The molecular formula is C28H29N9S. The van der Waals surface area contributed by atoms with Gasteiger partial charge in [0.2, 0.25) is 0 Å². The monoisotopic (exact) mass is 523 g/mol. The molecular weight excluding hydrogens is 494 g/mol. The van der Waals surface area contributed by atoms with Gasteiger partial charge in [0.15, 0.2) is 0 Å². The van der Waals surface area contributed by atoms with Crippen LogP contribution in [0.3, 0.4) is 0 Å². The number of nitrogens with one attached hydrogen (secondary N) is 2. The van der Waals surface area contributed by atoms with Crippen molar-refractivity contribution < 1.29 is 0 Å². The quantitative estimate of drug-likeness (QED) is 0.274. The molecule has 0 spiro atoms. The van der Waals surface area contributed by atoms with Gasteiger partial charge >= 0.3 is 0 Å². The fourth-order valence-corrected chi connectivity index (χ4v) is 5.02. The van der Waals surface area contributed by atoms with Crippen LogP contribution < -0.4 is 10.2 Å². The third kappa shape index (κ3) is 5.54. The second kappa shape index (κ2) is 11.5. The van der Waals surface area contributed by atoms with E-state index in [2.05, 4.69) is 38.4 Å². The number of allylic oxidation sites excluding steroid dienone is 4. The Hall–Kier alpha value is -4.20. The number of aryl methyl sites for hydroxylation is 1. The van der Waals surface area contributed by atoms with Crippen LogP contribution in [0.15, 0.2) is 77.5 Å². The highest BCUT2D eigenvalue weighted by Crippen LogP contribution is 2.32. The van der Waals surface area contributed by atoms with Gasteiger partial charge in [0.05, 0.1) is 28.2 Å². The number of nitrogens with zero attached hydrogens (tertiary/aromatic N) is 7. The van der Waals surface area contributed by atoms with Crippen molar-refractivity contribution in [3.8, 4) is 6.07 Å². The zero-order chi connectivity index (χ0) is 26.5. The maximum absolute atomic E-state index is 9.59. The molecule has 5 heterocycles. The number of aromatic nitrogens is 4. The van der Waals surface area contributed by atoms with Crippen molar-refractivity contribution in [2.45, 2.75) is 11.6 Å². The predicted molar refractivity (Wildman–Crippen MR) is 151 cm³/mol. The number of piperazine rings is 1. The summed E-state index contributed by atoms with van der Waals surface area (Å²) < 4.78 is 1.75. The number of hydrogen-bond donors (Lipinski definition) is 2. The Kier molecular flexibility index (Phi) is 7.67. The Morgan fingerprint density at radius 3 is 2.66 bits per heavy atom. The average molecular weight is 524 g/mol. The minimum atomic E-state index is 0.260. The molecule has 2 N–H and O–H groups in total. The summed E-state index contributed by atoms with van der Waals surface area (Å²) in [6.07, 6.45) is 12.6. The Labute approximate surface area is 226 Å². The van der Waals surface area contributed by atoms with Gasteiger partial charge in [-0.25, -0.2) is 9.97 Å². The van der Waals surface area contributed by atoms with E-state index < -0.39 is 0 Å². The summed E-state index contributed by atoms with van der Waals surface area (Å²) in [6, 6.07) is 12.4. The normalized spacial score (nSPS) is 17.2. The molecule has 0 radical (unpaired) electrons. The van der Waals surface area contributed by atoms with E-state index in [0.717, 1.165) is 77.7 Å². The Balaban J connectivity index is 1.31. The number of dihydropyridines is 1. The van der Waals surface area contributed by atoms with Gasteiger partial charge in [0, 0.05) is 86.9 Å². The summed E-state index contributed by atoms with van der Waals surface area (Å²) in [7, 11) is 1.88. The van der Waals surface area contributed by atoms with Crippen molar-refractivity contribution in [3.05, 3.63) is 89.3 Å². The maximum atomic E-state index is 9.59. The molecule has 192 valence electrons. The van der Waals surface area contributed by atoms with E-state index in [4.69, 9.17) is 15.4 Å². The van der Waals surface area contributed by atoms with E-state index in [1.54, 1.807) is 22.6 Å². The van der Waals surface area contributed by atoms with Gasteiger partial charge in [-0.1, -0.05) is 6.07 Å². The van der Waals surface area contributed by atoms with Crippen LogP contribution in [0.2, 0.25) is 0 Å². The third-order valence-electron chi connectivity index (χ3n) is 6.64. The highest BCUT2D eigenvalue weighted by Gasteiger charge is 2.21. The van der Waals surface area contributed by atoms with E-state index in [9.17, 15) is 5.26 Å². The van der Waals surface area contributed by atoms with E-state index in [1.807, 2.05) is 56.2 Å². The van der Waals surface area contributed by atoms with Crippen LogP contribution >= 0.6 is 11.8 Å². The summed E-state index contributed by atoms with van der Waals surface area (Å²) in [5, 5.41) is 25.8. The first-order valence-corrected chi connectivity index (χ1v) is 13.6. The molecule has 0 atom stereocenters. The molecule has 2 aliphatic rings. The lowest BCUT2D eigenvalue weighted by Crippen LogP contribution is -2.46. The molecule has 1 fully saturated rings. The van der Waals surface area contributed by atoms with Crippen LogP contribution in [0.1, 0.15) is 16.8 Å². The van der Waals surface area contributed by atoms with Crippen LogP contribution in [0, 0.1) is 16.7 Å². The number of hydrogen-bond acceptors (Lipinski definition) is 9. The minimum Gasteiger partial charge on any atom is -0.359 e. The molecule has 10 heteroatoms. The van der Waals surface area contributed by atoms with Crippen LogP contribution in [0.4, 0.5) is 5.82 Å². The largest absolute Gasteiger partial charge is 0.359 e. The van der Waals surface area contributed by atoms with Crippen LogP contribution in [-0.2, 0) is 13.6 Å². The van der Waals surface area contributed by atoms with E-state index in [-0.39, 0.29) is 5.57 Å². The lowest BCUT2D eigenvalue weighted by Gasteiger charge is -2.35. The number of nitriles is 1. The molecule has 0 bridgehead atoms. The Bertz CT molecular complexity index is 1450. The van der Waals surface area contributed by atoms with Crippen molar-refractivity contribution >= 4 is 34.9 Å². The molecule has 3 aromatic heterocycles. The molecule has 0 amide bonds. The molecule has 0 aromatic carbocycles. The van der Waals surface area contributed by atoms with Gasteiger partial charge in [0.25, 0.3) is 0 Å². The summed E-state index contributed by atoms with van der Waals surface area (Å²) in [6.45, 7) is 4.53. The average Bonchev–Trinajstić information content (AvgIpc) is 3.41. The van der Waals surface area contributed by atoms with Gasteiger partial charge in [-0.15, -0.1) is 11.8 Å². The number of rotatable bonds is 7. The second-order valence-corrected chi connectivity index (χ2v) is 9.92. The maximum Gasteiger partial charge on any atom is 0.128 e. The first-order chi connectivity index (χ1) is 18.6. The second-order valence-electron chi connectivity index (χ2n) is 9.09. The summed E-state index contributed by atoms with van der Waals surface area (Å²) in [5.74, 6) is 0.932. The molecule has 0 unspecified atom stereocenters. The topological polar surface area (TPSA) is 110 Å². The molecule has 38 heavy (non-hydrogen) atoms. The summed E-state index contributed by atoms with van der Waals surface area (Å²) in [5.41, 5.74) is 5.55. The van der Waals surface area contributed by atoms with Gasteiger partial charge in [-0.05, 0) is 36.6 Å². The molecule has 3 aromatic rings. The van der Waals surface area contributed by atoms with E-state index >= 15 is 0 Å². The highest BCUT2D eigenvalue weighted by molar-refractivity contribution is 7.98. The molecule has 0 aliphatic carbocycles. The standard InChI is InChI=1S/C28H29N9S/c1-35-18-23(17-33-35)21-12-25(28(32-16-21)22(13-29)14-30)20-6-7-26(31-15-20)37-10-8-36(9-11-37)19-24-4-3-5-27(34-24)38-2/h3-7,12-13,15-18,29,32H,8-11,19H2,1-2H3/b28-22+,29-13?. The Morgan fingerprint density at radius 1 is 1.16 bits per heavy atom. The van der Waals surface area contributed by atoms with Crippen molar-refractivity contribution in [3.63, 3.8) is 0 Å². The van der Waals surface area contributed by atoms with Crippen LogP contribution in [0.5, 0.6) is 0 Å². The first kappa shape index (κ1) is 25.4. The Morgan fingerprint density at radius 2 is 2.00 bits per heavy atom. The van der Waals surface area contributed by atoms with Crippen molar-refractivity contribution in [1.29, 1.82) is 10.7 Å². The SMILES string of the molecule is CSc1cccc(CN2CCN(c3ccc(C4=CC(c5cnn(C)c5)=CN/C4=C(/C#N)C=N)cn3)CC2)n1. The highest BCUT2D eigenvalue weighted by atomic mass is 32.2. The number of pyridine rings is 2. The predicted octanol–water partition coefficient (Wildman–Crippen LogP) is 3.71. The molecule has 2 aliphatic heterocycles. The fraction of sp³-hybridized carbons (Fsp3) is 0.250. The van der Waals surface area contributed by atoms with Crippen molar-refractivity contribution in [1.82, 2.24) is 30.0 Å². The van der Waals surface area contributed by atoms with Gasteiger partial charge in [-0.2, -0.15) is 10.4 Å². The van der Waals surface area contributed by atoms with E-state index in [1.165, 1.54) is 0 Å². The van der Waals surface area contributed by atoms with Gasteiger partial charge in [-0.3, -0.25) is 9.58 Å². The number of thioether (sulfide) groups is 1. The van der Waals surface area contributed by atoms with Crippen LogP contribution in [0.25, 0.3) is 11.1 Å². The lowest BCUT2D eigenvalue weighted by molar-refractivity contribution is 0.246. The number of anilines is 1. The van der Waals surface area contributed by atoms with Crippen LogP contribution in [-0.4, -0.2) is 63.3 Å². The first-order valence-electron chi connectivity index (χ1n) is 12.3. The smallest absolute Gasteiger partial charge is 0.128 e. The molecule has 5 rings (SSSR count). The minimum absolute atomic E-state index is 0.260. The fourth-order valence-electron chi connectivity index (χ4n) is 4.60. The molecule has 9 nitrogen and oxygen atoms in total.